The van der Waals surface area contributed by atoms with Crippen LogP contribution in [0.4, 0.5) is 0 Å². The number of nitrogens with zero attached hydrogens (tertiary/aromatic N) is 3. The Hall–Kier alpha value is -6.26. The Labute approximate surface area is 322 Å². The predicted octanol–water partition coefficient (Wildman–Crippen LogP) is 12.4. The number of benzene rings is 6. The summed E-state index contributed by atoms with van der Waals surface area (Å²) in [4.78, 5) is 5.44. The van der Waals surface area contributed by atoms with E-state index in [1.165, 1.54) is 39.1 Å². The van der Waals surface area contributed by atoms with Gasteiger partial charge in [0.05, 0.1) is 11.8 Å². The van der Waals surface area contributed by atoms with Crippen LogP contribution in [0.5, 0.6) is 0 Å². The molecule has 268 valence electrons. The SMILES string of the molecule is C=CC1=NC2CC(=C)[n+]3c(n(-c4c(-c5ccccc5)cccc4C(C)(C)C)c4ccccc43)-c3c(ccc4c3oc3ccccc34)CCC2c2ccccc21. The first kappa shape index (κ1) is 33.3. The zero-order valence-corrected chi connectivity index (χ0v) is 31.7. The highest BCUT2D eigenvalue weighted by Crippen LogP contribution is 2.46. The zero-order valence-electron chi connectivity index (χ0n) is 31.7. The van der Waals surface area contributed by atoms with Gasteiger partial charge in [0.15, 0.2) is 16.6 Å². The summed E-state index contributed by atoms with van der Waals surface area (Å²) >= 11 is 0. The standard InChI is InChI=1S/C51H44N3O/c1-6-42-37-20-11-10-19-36(37)38-29-27-34-28-30-40-39-21-12-15-26-46(39)55-49(40)47(34)50-53(32(2)31-43(38)52-42)44-24-13-14-25-45(44)54(50)48-35(33-17-8-7-9-18-33)22-16-23-41(48)51(3,4)5/h6-26,28,30,38,43H,1-2,27,29,31H2,3-5H3/q+1. The maximum Gasteiger partial charge on any atom is 0.304 e. The second kappa shape index (κ2) is 12.7. The van der Waals surface area contributed by atoms with Crippen LogP contribution in [-0.4, -0.2) is 16.3 Å². The molecule has 0 spiro atoms. The molecule has 55 heavy (non-hydrogen) atoms. The monoisotopic (exact) mass is 714 g/mol. The van der Waals surface area contributed by atoms with Gasteiger partial charge in [0.1, 0.15) is 22.5 Å². The number of rotatable bonds is 3. The first-order valence-electron chi connectivity index (χ1n) is 19.5. The van der Waals surface area contributed by atoms with Crippen LogP contribution in [-0.2, 0) is 11.8 Å². The molecule has 0 saturated carbocycles. The molecule has 2 aliphatic rings. The van der Waals surface area contributed by atoms with Crippen LogP contribution in [0.25, 0.3) is 66.9 Å². The van der Waals surface area contributed by atoms with Gasteiger partial charge in [0.25, 0.3) is 0 Å². The maximum absolute atomic E-state index is 7.01. The minimum atomic E-state index is -0.164. The van der Waals surface area contributed by atoms with Gasteiger partial charge in [0, 0.05) is 39.8 Å². The fourth-order valence-electron chi connectivity index (χ4n) is 9.41. The summed E-state index contributed by atoms with van der Waals surface area (Å²) in [7, 11) is 0. The second-order valence-electron chi connectivity index (χ2n) is 16.2. The minimum absolute atomic E-state index is 0.0103. The summed E-state index contributed by atoms with van der Waals surface area (Å²) in [5, 5.41) is 2.24. The Morgan fingerprint density at radius 2 is 1.53 bits per heavy atom. The van der Waals surface area contributed by atoms with Gasteiger partial charge < -0.3 is 4.42 Å². The van der Waals surface area contributed by atoms with Gasteiger partial charge in [-0.1, -0.05) is 149 Å². The van der Waals surface area contributed by atoms with Crippen molar-refractivity contribution in [2.75, 3.05) is 0 Å². The van der Waals surface area contributed by atoms with Crippen molar-refractivity contribution in [2.24, 2.45) is 4.99 Å². The summed E-state index contributed by atoms with van der Waals surface area (Å²) in [6.07, 6.45) is 4.41. The number of hydrogen-bond acceptors (Lipinski definition) is 2. The molecule has 0 N–H and O–H groups in total. The molecule has 0 aliphatic carbocycles. The van der Waals surface area contributed by atoms with Crippen LogP contribution in [0.15, 0.2) is 162 Å². The van der Waals surface area contributed by atoms with Crippen molar-refractivity contribution in [3.63, 3.8) is 0 Å². The van der Waals surface area contributed by atoms with Crippen molar-refractivity contribution >= 4 is 44.4 Å². The van der Waals surface area contributed by atoms with Gasteiger partial charge in [-0.3, -0.25) is 4.99 Å². The number of para-hydroxylation sites is 4. The van der Waals surface area contributed by atoms with Gasteiger partial charge in [-0.15, -0.1) is 0 Å². The molecule has 0 saturated heterocycles. The summed E-state index contributed by atoms with van der Waals surface area (Å²) in [6.45, 7) is 16.1. The molecule has 0 bridgehead atoms. The first-order valence-corrected chi connectivity index (χ1v) is 19.5. The molecule has 4 heteroatoms. The molecule has 2 unspecified atom stereocenters. The summed E-state index contributed by atoms with van der Waals surface area (Å²) in [5.74, 6) is 1.28. The van der Waals surface area contributed by atoms with E-state index in [4.69, 9.17) is 16.0 Å². The largest absolute Gasteiger partial charge is 0.455 e. The van der Waals surface area contributed by atoms with Gasteiger partial charge >= 0.3 is 5.82 Å². The number of furan rings is 1. The molecule has 2 aromatic heterocycles. The van der Waals surface area contributed by atoms with Crippen molar-refractivity contribution in [1.29, 1.82) is 0 Å². The van der Waals surface area contributed by atoms with E-state index < -0.39 is 0 Å². The van der Waals surface area contributed by atoms with Crippen molar-refractivity contribution < 1.29 is 8.98 Å². The average molecular weight is 715 g/mol. The zero-order chi connectivity index (χ0) is 37.4. The molecule has 2 atom stereocenters. The normalized spacial score (nSPS) is 17.0. The molecular weight excluding hydrogens is 671 g/mol. The van der Waals surface area contributed by atoms with Gasteiger partial charge in [-0.05, 0) is 59.2 Å². The lowest BCUT2D eigenvalue weighted by molar-refractivity contribution is -0.542. The highest BCUT2D eigenvalue weighted by atomic mass is 16.3. The van der Waals surface area contributed by atoms with E-state index in [0.29, 0.717) is 6.42 Å². The van der Waals surface area contributed by atoms with Crippen LogP contribution in [0.1, 0.15) is 61.8 Å². The van der Waals surface area contributed by atoms with Crippen LogP contribution < -0.4 is 4.57 Å². The quantitative estimate of drug-likeness (QED) is 0.168. The molecule has 4 nitrogen and oxygen atoms in total. The van der Waals surface area contributed by atoms with E-state index in [1.54, 1.807) is 0 Å². The lowest BCUT2D eigenvalue weighted by Gasteiger charge is -2.32. The topological polar surface area (TPSA) is 34.3 Å². The smallest absolute Gasteiger partial charge is 0.304 e. The third kappa shape index (κ3) is 5.19. The van der Waals surface area contributed by atoms with Gasteiger partial charge in [-0.25, -0.2) is 0 Å². The van der Waals surface area contributed by atoms with Crippen LogP contribution in [0.3, 0.4) is 0 Å². The molecule has 0 radical (unpaired) electrons. The maximum atomic E-state index is 7.01. The van der Waals surface area contributed by atoms with E-state index in [1.807, 2.05) is 6.08 Å². The lowest BCUT2D eigenvalue weighted by atomic mass is 9.78. The van der Waals surface area contributed by atoms with E-state index in [-0.39, 0.29) is 17.4 Å². The number of imidazole rings is 1. The Morgan fingerprint density at radius 1 is 0.782 bits per heavy atom. The lowest BCUT2D eigenvalue weighted by Crippen LogP contribution is -2.38. The van der Waals surface area contributed by atoms with Crippen LogP contribution in [0.2, 0.25) is 0 Å². The third-order valence-electron chi connectivity index (χ3n) is 11.9. The first-order chi connectivity index (χ1) is 26.8. The van der Waals surface area contributed by atoms with Crippen LogP contribution >= 0.6 is 0 Å². The summed E-state index contributed by atoms with van der Waals surface area (Å²) < 4.78 is 12.0. The van der Waals surface area contributed by atoms with Crippen molar-refractivity contribution in [3.8, 4) is 28.2 Å². The highest BCUT2D eigenvalue weighted by Gasteiger charge is 2.40. The fraction of sp³-hybridized carbons (Fsp3) is 0.176. The Bertz CT molecular complexity index is 2880. The van der Waals surface area contributed by atoms with Gasteiger partial charge in [-0.2, -0.15) is 9.13 Å². The van der Waals surface area contributed by atoms with Crippen molar-refractivity contribution in [2.45, 2.75) is 57.4 Å². The number of hydrogen-bond donors (Lipinski definition) is 0. The summed E-state index contributed by atoms with van der Waals surface area (Å²) in [5.41, 5.74) is 15.5. The Morgan fingerprint density at radius 3 is 2.36 bits per heavy atom. The fourth-order valence-corrected chi connectivity index (χ4v) is 9.41. The molecule has 6 aromatic carbocycles. The minimum Gasteiger partial charge on any atom is -0.455 e. The molecule has 4 heterocycles. The Kier molecular flexibility index (Phi) is 7.67. The molecule has 8 aromatic rings. The molecule has 2 aliphatic heterocycles. The van der Waals surface area contributed by atoms with E-state index >= 15 is 0 Å². The Balaban J connectivity index is 1.37. The molecular formula is C51H44N3O+. The number of allylic oxidation sites excluding steroid dienone is 1. The number of aliphatic imine (C=N–C) groups is 1. The average Bonchev–Trinajstić information content (AvgIpc) is 3.75. The third-order valence-corrected chi connectivity index (χ3v) is 11.9. The molecule has 10 rings (SSSR count). The molecule has 0 fully saturated rings. The van der Waals surface area contributed by atoms with Gasteiger partial charge in [0.2, 0.25) is 0 Å². The van der Waals surface area contributed by atoms with Crippen LogP contribution in [0, 0.1) is 0 Å². The van der Waals surface area contributed by atoms with Crippen molar-refractivity contribution in [3.05, 3.63) is 175 Å². The highest BCUT2D eigenvalue weighted by molar-refractivity contribution is 6.11. The van der Waals surface area contributed by atoms with E-state index in [9.17, 15) is 0 Å². The number of fused-ring (bicyclic) bond motifs is 12. The number of aromatic nitrogens is 2. The predicted molar refractivity (Wildman–Crippen MR) is 228 cm³/mol. The van der Waals surface area contributed by atoms with Crippen molar-refractivity contribution in [1.82, 2.24) is 4.57 Å². The summed E-state index contributed by atoms with van der Waals surface area (Å²) in [6, 6.07) is 48.3. The van der Waals surface area contributed by atoms with E-state index in [0.717, 1.165) is 68.6 Å². The number of aryl methyl sites for hydroxylation is 1. The van der Waals surface area contributed by atoms with E-state index in [2.05, 4.69) is 170 Å². The molecule has 0 amide bonds. The second-order valence-corrected chi connectivity index (χ2v) is 16.2.